The molecule has 4 amide bonds. The van der Waals surface area contributed by atoms with Crippen molar-refractivity contribution in [2.45, 2.75) is 98.1 Å². The molecule has 1 unspecified atom stereocenters. The number of Topliss-reactive ketones (excluding diaryl/α,β-unsaturated/α-hetero) is 1. The maximum Gasteiger partial charge on any atom is 0.233 e. The van der Waals surface area contributed by atoms with Gasteiger partial charge in [0, 0.05) is 93.2 Å². The molecular weight excluding hydrogens is 829 g/mol. The van der Waals surface area contributed by atoms with Crippen molar-refractivity contribution in [2.75, 3.05) is 64.1 Å². The maximum atomic E-state index is 15.1. The number of likely N-dealkylation sites (tertiary alicyclic amines) is 1. The highest BCUT2D eigenvalue weighted by atomic mass is 32.2. The van der Waals surface area contributed by atoms with Crippen LogP contribution in [0.15, 0.2) is 60.8 Å². The van der Waals surface area contributed by atoms with Crippen molar-refractivity contribution in [1.29, 1.82) is 0 Å². The highest BCUT2D eigenvalue weighted by Crippen LogP contribution is 2.41. The largest absolute Gasteiger partial charge is 0.379 e. The van der Waals surface area contributed by atoms with E-state index in [2.05, 4.69) is 26.1 Å². The number of aromatic nitrogens is 1. The molecule has 2 aromatic carbocycles. The molecule has 12 nitrogen and oxygen atoms in total. The number of carbonyl (C=O) groups is 5. The van der Waals surface area contributed by atoms with Gasteiger partial charge in [0.25, 0.3) is 0 Å². The lowest BCUT2D eigenvalue weighted by Crippen LogP contribution is -2.44. The number of unbranched alkanes of at least 4 members (excludes halogenated alkanes) is 2. The van der Waals surface area contributed by atoms with E-state index in [0.717, 1.165) is 36.2 Å². The average molecular weight is 896 g/mol. The number of ether oxygens (including phenoxy) is 2. The number of amides is 4. The van der Waals surface area contributed by atoms with Gasteiger partial charge in [-0.25, -0.2) is 8.78 Å². The summed E-state index contributed by atoms with van der Waals surface area (Å²) in [7, 11) is 0. The normalized spacial score (nSPS) is 14.7. The third-order valence-corrected chi connectivity index (χ3v) is 11.8. The minimum atomic E-state index is -0.541. The van der Waals surface area contributed by atoms with Gasteiger partial charge in [0.15, 0.2) is 0 Å². The van der Waals surface area contributed by atoms with Crippen LogP contribution in [0.3, 0.4) is 0 Å². The second-order valence-corrected chi connectivity index (χ2v) is 18.3. The molecule has 346 valence electrons. The lowest BCUT2D eigenvalue weighted by molar-refractivity contribution is -0.139. The van der Waals surface area contributed by atoms with Gasteiger partial charge in [0.2, 0.25) is 23.6 Å². The molecule has 3 N–H and O–H groups in total. The monoisotopic (exact) mass is 895 g/mol. The number of nitrogens with two attached hydrogens (primary N) is 1. The molecule has 63 heavy (non-hydrogen) atoms. The number of carbonyl (C=O) groups excluding carboxylic acids is 5. The second-order valence-electron chi connectivity index (χ2n) is 17.2. The predicted octanol–water partition coefficient (Wildman–Crippen LogP) is 7.32. The Morgan fingerprint density at radius 1 is 0.921 bits per heavy atom. The molecular formula is C48H67F2N5O7S. The molecule has 1 aromatic heterocycles. The molecule has 0 aliphatic carbocycles. The summed E-state index contributed by atoms with van der Waals surface area (Å²) in [6.45, 7) is 11.5. The SMILES string of the molecule is CC1CC(=O)N(CCCCCC(=O)CCCOCCOCCNC(=O)CCSCC(=O)N(CCCN)[C@@H](c2cc(-c3cc(F)ccc3F)cn2Cc2ccccc2)C(C)(C)C)C1=O. The van der Waals surface area contributed by atoms with Gasteiger partial charge in [-0.1, -0.05) is 64.4 Å². The number of nitrogens with zero attached hydrogens (tertiary/aromatic N) is 3. The molecule has 1 saturated heterocycles. The molecule has 2 atom stereocenters. The summed E-state index contributed by atoms with van der Waals surface area (Å²) in [6, 6.07) is 14.7. The van der Waals surface area contributed by atoms with Crippen LogP contribution in [-0.4, -0.2) is 108 Å². The van der Waals surface area contributed by atoms with Gasteiger partial charge in [-0.2, -0.15) is 11.8 Å². The molecule has 1 aliphatic heterocycles. The lowest BCUT2D eigenvalue weighted by Gasteiger charge is -2.41. The van der Waals surface area contributed by atoms with E-state index in [-0.39, 0.29) is 53.1 Å². The first kappa shape index (κ1) is 51.2. The first-order valence-electron chi connectivity index (χ1n) is 22.2. The Morgan fingerprint density at radius 2 is 1.65 bits per heavy atom. The van der Waals surface area contributed by atoms with E-state index in [1.807, 2.05) is 52.1 Å². The van der Waals surface area contributed by atoms with Crippen LogP contribution >= 0.6 is 11.8 Å². The molecule has 4 rings (SSSR count). The zero-order valence-electron chi connectivity index (χ0n) is 37.5. The fourth-order valence-electron chi connectivity index (χ4n) is 7.70. The van der Waals surface area contributed by atoms with Crippen LogP contribution < -0.4 is 11.1 Å². The van der Waals surface area contributed by atoms with E-state index in [0.29, 0.717) is 109 Å². The number of hydrogen-bond acceptors (Lipinski definition) is 9. The third kappa shape index (κ3) is 16.9. The fraction of sp³-hybridized carbons (Fsp3) is 0.562. The van der Waals surface area contributed by atoms with Gasteiger partial charge < -0.3 is 30.0 Å². The topological polar surface area (TPSA) is 153 Å². The van der Waals surface area contributed by atoms with E-state index in [9.17, 15) is 28.4 Å². The molecule has 1 aliphatic rings. The number of thioether (sulfide) groups is 1. The van der Waals surface area contributed by atoms with Crippen molar-refractivity contribution in [3.8, 4) is 11.1 Å². The summed E-state index contributed by atoms with van der Waals surface area (Å²) in [6.07, 6.45) is 6.71. The molecule has 0 spiro atoms. The first-order valence-corrected chi connectivity index (χ1v) is 23.4. The number of halogens is 2. The standard InChI is InChI=1S/C48H67F2N5O7S/c1-35-29-44(58)55(47(35)60)22-10-6-9-15-39(56)16-11-24-61-26-27-62-25-21-52-43(57)19-28-63-34-45(59)54(23-12-20-51)46(48(2,3)4)42-30-37(40-31-38(49)17-18-41(40)50)33-53(42)32-36-13-7-5-8-14-36/h5,7-8,13-14,17-18,30-31,33,35,46H,6,9-12,15-16,19-29,32,34,51H2,1-4H3,(H,52,57)/t35?,46-/m0/s1. The molecule has 0 radical (unpaired) electrons. The van der Waals surface area contributed by atoms with Crippen molar-refractivity contribution in [1.82, 2.24) is 19.7 Å². The summed E-state index contributed by atoms with van der Waals surface area (Å²) in [4.78, 5) is 65.9. The number of ketones is 1. The molecule has 1 fully saturated rings. The highest BCUT2D eigenvalue weighted by Gasteiger charge is 2.37. The van der Waals surface area contributed by atoms with Gasteiger partial charge in [0.1, 0.15) is 17.4 Å². The van der Waals surface area contributed by atoms with Crippen molar-refractivity contribution in [3.05, 3.63) is 83.7 Å². The summed E-state index contributed by atoms with van der Waals surface area (Å²) in [5.74, 6) is -0.979. The Balaban J connectivity index is 1.15. The highest BCUT2D eigenvalue weighted by molar-refractivity contribution is 7.99. The number of rotatable bonds is 29. The summed E-state index contributed by atoms with van der Waals surface area (Å²) >= 11 is 1.38. The van der Waals surface area contributed by atoms with Crippen LogP contribution in [-0.2, 0) is 40.0 Å². The Morgan fingerprint density at radius 3 is 2.35 bits per heavy atom. The van der Waals surface area contributed by atoms with Gasteiger partial charge in [-0.15, -0.1) is 0 Å². The zero-order valence-corrected chi connectivity index (χ0v) is 38.3. The predicted molar refractivity (Wildman–Crippen MR) is 243 cm³/mol. The van der Waals surface area contributed by atoms with Gasteiger partial charge in [-0.3, -0.25) is 28.9 Å². The Labute approximate surface area is 376 Å². The van der Waals surface area contributed by atoms with Crippen molar-refractivity contribution < 1.29 is 42.2 Å². The van der Waals surface area contributed by atoms with Crippen molar-refractivity contribution >= 4 is 41.2 Å². The van der Waals surface area contributed by atoms with Crippen LogP contribution in [0.2, 0.25) is 0 Å². The van der Waals surface area contributed by atoms with Crippen LogP contribution in [0.5, 0.6) is 0 Å². The second kappa shape index (κ2) is 26.4. The molecule has 2 heterocycles. The summed E-state index contributed by atoms with van der Waals surface area (Å²) in [5, 5.41) is 2.85. The number of hydrogen-bond donors (Lipinski definition) is 2. The summed E-state index contributed by atoms with van der Waals surface area (Å²) in [5.41, 5.74) is 7.97. The molecule has 0 saturated carbocycles. The molecule has 0 bridgehead atoms. The van der Waals surface area contributed by atoms with Gasteiger partial charge in [-0.05, 0) is 67.5 Å². The van der Waals surface area contributed by atoms with E-state index in [1.54, 1.807) is 6.92 Å². The minimum Gasteiger partial charge on any atom is -0.379 e. The van der Waals surface area contributed by atoms with E-state index in [1.165, 1.54) is 22.7 Å². The molecule has 3 aromatic rings. The summed E-state index contributed by atoms with van der Waals surface area (Å²) < 4.78 is 42.6. The van der Waals surface area contributed by atoms with Crippen LogP contribution in [0.4, 0.5) is 8.78 Å². The number of benzene rings is 2. The Kier molecular flexibility index (Phi) is 21.4. The van der Waals surface area contributed by atoms with Crippen LogP contribution in [0.1, 0.15) is 103 Å². The first-order chi connectivity index (χ1) is 30.2. The van der Waals surface area contributed by atoms with E-state index < -0.39 is 23.1 Å². The van der Waals surface area contributed by atoms with Crippen LogP contribution in [0, 0.1) is 23.0 Å². The third-order valence-electron chi connectivity index (χ3n) is 10.9. The van der Waals surface area contributed by atoms with E-state index in [4.69, 9.17) is 15.2 Å². The Bertz CT molecular complexity index is 1940. The van der Waals surface area contributed by atoms with E-state index >= 15 is 4.39 Å². The quantitative estimate of drug-likeness (QED) is 0.0539. The fourth-order valence-corrected chi connectivity index (χ4v) is 8.51. The Hall–Kier alpha value is -4.44. The average Bonchev–Trinajstić information content (AvgIpc) is 3.75. The lowest BCUT2D eigenvalue weighted by atomic mass is 9.83. The zero-order chi connectivity index (χ0) is 45.8. The maximum absolute atomic E-state index is 15.1. The minimum absolute atomic E-state index is 0.0956. The van der Waals surface area contributed by atoms with Gasteiger partial charge in [0.05, 0.1) is 31.6 Å². The van der Waals surface area contributed by atoms with Gasteiger partial charge >= 0.3 is 0 Å². The van der Waals surface area contributed by atoms with Crippen molar-refractivity contribution in [3.63, 3.8) is 0 Å². The van der Waals surface area contributed by atoms with Crippen LogP contribution in [0.25, 0.3) is 11.1 Å². The van der Waals surface area contributed by atoms with Crippen molar-refractivity contribution in [2.24, 2.45) is 17.1 Å². The smallest absolute Gasteiger partial charge is 0.233 e. The number of nitrogens with one attached hydrogen (secondary N) is 1. The molecule has 15 heteroatoms. The number of imide groups is 1.